The van der Waals surface area contributed by atoms with Gasteiger partial charge in [0.05, 0.1) is 11.8 Å². The summed E-state index contributed by atoms with van der Waals surface area (Å²) in [6.07, 6.45) is 3.01. The molecule has 0 aromatic carbocycles. The highest BCUT2D eigenvalue weighted by atomic mass is 16.4. The van der Waals surface area contributed by atoms with E-state index in [1.807, 2.05) is 18.0 Å². The van der Waals surface area contributed by atoms with Crippen molar-refractivity contribution in [3.63, 3.8) is 0 Å². The fourth-order valence-corrected chi connectivity index (χ4v) is 1.24. The Kier molecular flexibility index (Phi) is 4.36. The van der Waals surface area contributed by atoms with Crippen LogP contribution in [0.5, 0.6) is 0 Å². The van der Waals surface area contributed by atoms with Crippen molar-refractivity contribution in [1.82, 2.24) is 14.9 Å². The standard InChI is InChI=1S/C10H12N4O2/c1-14(4-2-3-11)6-9-8(10(15)16)5-12-7-13-9/h5,7H,2,4,6H2,1H3,(H,15,16). The SMILES string of the molecule is CN(CCC#N)Cc1ncncc1C(=O)O. The van der Waals surface area contributed by atoms with Crippen molar-refractivity contribution in [1.29, 1.82) is 5.26 Å². The number of hydrogen-bond donors (Lipinski definition) is 1. The second kappa shape index (κ2) is 5.78. The van der Waals surface area contributed by atoms with E-state index >= 15 is 0 Å². The van der Waals surface area contributed by atoms with Crippen LogP contribution in [0.3, 0.4) is 0 Å². The summed E-state index contributed by atoms with van der Waals surface area (Å²) < 4.78 is 0. The smallest absolute Gasteiger partial charge is 0.339 e. The van der Waals surface area contributed by atoms with Crippen LogP contribution in [0.4, 0.5) is 0 Å². The number of carbonyl (C=O) groups is 1. The normalized spacial score (nSPS) is 10.1. The summed E-state index contributed by atoms with van der Waals surface area (Å²) in [5.74, 6) is -1.04. The van der Waals surface area contributed by atoms with E-state index in [9.17, 15) is 4.79 Å². The largest absolute Gasteiger partial charge is 0.478 e. The van der Waals surface area contributed by atoms with Crippen molar-refractivity contribution in [2.45, 2.75) is 13.0 Å². The van der Waals surface area contributed by atoms with Gasteiger partial charge in [0, 0.05) is 25.7 Å². The Morgan fingerprint density at radius 3 is 3.06 bits per heavy atom. The summed E-state index contributed by atoms with van der Waals surface area (Å²) in [7, 11) is 1.81. The van der Waals surface area contributed by atoms with Gasteiger partial charge in [0.15, 0.2) is 0 Å². The average Bonchev–Trinajstić information content (AvgIpc) is 2.27. The minimum absolute atomic E-state index is 0.103. The second-order valence-corrected chi connectivity index (χ2v) is 3.33. The maximum atomic E-state index is 10.9. The van der Waals surface area contributed by atoms with Crippen LogP contribution in [-0.4, -0.2) is 39.5 Å². The maximum Gasteiger partial charge on any atom is 0.339 e. The summed E-state index contributed by atoms with van der Waals surface area (Å²) in [4.78, 5) is 20.3. The fourth-order valence-electron chi connectivity index (χ4n) is 1.24. The molecular formula is C10H12N4O2. The fraction of sp³-hybridized carbons (Fsp3) is 0.400. The molecule has 6 heteroatoms. The lowest BCUT2D eigenvalue weighted by atomic mass is 10.2. The summed E-state index contributed by atoms with van der Waals surface area (Å²) in [5, 5.41) is 17.3. The van der Waals surface area contributed by atoms with Crippen molar-refractivity contribution in [2.75, 3.05) is 13.6 Å². The Balaban J connectivity index is 2.73. The molecule has 1 N–H and O–H groups in total. The second-order valence-electron chi connectivity index (χ2n) is 3.33. The molecule has 1 aromatic rings. The van der Waals surface area contributed by atoms with Crippen LogP contribution in [0, 0.1) is 11.3 Å². The summed E-state index contributed by atoms with van der Waals surface area (Å²) in [6.45, 7) is 0.978. The number of carboxylic acid groups (broad SMARTS) is 1. The van der Waals surface area contributed by atoms with Crippen LogP contribution in [0.25, 0.3) is 0 Å². The predicted octanol–water partition coefficient (Wildman–Crippen LogP) is 0.520. The summed E-state index contributed by atoms with van der Waals surface area (Å²) in [6, 6.07) is 2.03. The Bertz CT molecular complexity index is 414. The van der Waals surface area contributed by atoms with Gasteiger partial charge in [0.1, 0.15) is 11.9 Å². The number of aromatic carboxylic acids is 1. The van der Waals surface area contributed by atoms with Crippen molar-refractivity contribution in [2.24, 2.45) is 0 Å². The van der Waals surface area contributed by atoms with E-state index in [4.69, 9.17) is 10.4 Å². The van der Waals surface area contributed by atoms with Gasteiger partial charge in [-0.15, -0.1) is 0 Å². The molecule has 0 atom stereocenters. The molecule has 6 nitrogen and oxygen atoms in total. The first kappa shape index (κ1) is 12.1. The molecule has 0 aliphatic rings. The number of nitrogens with zero attached hydrogens (tertiary/aromatic N) is 4. The molecule has 0 unspecified atom stereocenters. The van der Waals surface area contributed by atoms with Gasteiger partial charge in [-0.3, -0.25) is 4.90 Å². The van der Waals surface area contributed by atoms with Crippen LogP contribution in [0.15, 0.2) is 12.5 Å². The third kappa shape index (κ3) is 3.29. The molecule has 0 fully saturated rings. The molecule has 0 bridgehead atoms. The quantitative estimate of drug-likeness (QED) is 0.778. The van der Waals surface area contributed by atoms with Gasteiger partial charge in [0.25, 0.3) is 0 Å². The molecule has 0 aliphatic heterocycles. The van der Waals surface area contributed by atoms with E-state index in [1.54, 1.807) is 0 Å². The number of nitriles is 1. The van der Waals surface area contributed by atoms with E-state index in [0.717, 1.165) is 0 Å². The molecule has 0 aliphatic carbocycles. The van der Waals surface area contributed by atoms with Gasteiger partial charge in [-0.05, 0) is 7.05 Å². The zero-order valence-corrected chi connectivity index (χ0v) is 8.92. The van der Waals surface area contributed by atoms with Crippen LogP contribution >= 0.6 is 0 Å². The van der Waals surface area contributed by atoms with Crippen molar-refractivity contribution in [3.8, 4) is 6.07 Å². The molecule has 1 rings (SSSR count). The molecule has 0 saturated carbocycles. The third-order valence-electron chi connectivity index (χ3n) is 2.05. The molecule has 1 aromatic heterocycles. The Hall–Kier alpha value is -2.00. The number of rotatable bonds is 5. The van der Waals surface area contributed by atoms with Gasteiger partial charge in [-0.25, -0.2) is 14.8 Å². The lowest BCUT2D eigenvalue weighted by molar-refractivity contribution is 0.0693. The van der Waals surface area contributed by atoms with E-state index in [1.165, 1.54) is 12.5 Å². The number of carboxylic acids is 1. The molecule has 0 amide bonds. The minimum Gasteiger partial charge on any atom is -0.478 e. The first-order valence-corrected chi connectivity index (χ1v) is 4.72. The highest BCUT2D eigenvalue weighted by Gasteiger charge is 2.12. The van der Waals surface area contributed by atoms with Crippen molar-refractivity contribution < 1.29 is 9.90 Å². The van der Waals surface area contributed by atoms with E-state index in [2.05, 4.69) is 9.97 Å². The molecule has 84 valence electrons. The molecule has 1 heterocycles. The molecule has 0 saturated heterocycles. The van der Waals surface area contributed by atoms with E-state index in [-0.39, 0.29) is 5.56 Å². The van der Waals surface area contributed by atoms with Gasteiger partial charge in [0.2, 0.25) is 0 Å². The highest BCUT2D eigenvalue weighted by Crippen LogP contribution is 2.06. The Labute approximate surface area is 93.2 Å². The van der Waals surface area contributed by atoms with Crippen LogP contribution in [0.2, 0.25) is 0 Å². The summed E-state index contributed by atoms with van der Waals surface area (Å²) >= 11 is 0. The summed E-state index contributed by atoms with van der Waals surface area (Å²) in [5.41, 5.74) is 0.564. The zero-order valence-electron chi connectivity index (χ0n) is 8.92. The van der Waals surface area contributed by atoms with Gasteiger partial charge in [-0.2, -0.15) is 5.26 Å². The predicted molar refractivity (Wildman–Crippen MR) is 55.6 cm³/mol. The number of hydrogen-bond acceptors (Lipinski definition) is 5. The highest BCUT2D eigenvalue weighted by molar-refractivity contribution is 5.88. The molecule has 16 heavy (non-hydrogen) atoms. The minimum atomic E-state index is -1.04. The first-order chi connectivity index (χ1) is 7.65. The van der Waals surface area contributed by atoms with Crippen molar-refractivity contribution in [3.05, 3.63) is 23.8 Å². The lowest BCUT2D eigenvalue weighted by Gasteiger charge is -2.14. The van der Waals surface area contributed by atoms with Crippen molar-refractivity contribution >= 4 is 5.97 Å². The van der Waals surface area contributed by atoms with Gasteiger partial charge < -0.3 is 5.11 Å². The van der Waals surface area contributed by atoms with Crippen LogP contribution in [0.1, 0.15) is 22.5 Å². The molecular weight excluding hydrogens is 208 g/mol. The molecule has 0 radical (unpaired) electrons. The van der Waals surface area contributed by atoms with E-state index in [0.29, 0.717) is 25.2 Å². The van der Waals surface area contributed by atoms with Gasteiger partial charge >= 0.3 is 5.97 Å². The first-order valence-electron chi connectivity index (χ1n) is 4.72. The molecule has 0 spiro atoms. The Morgan fingerprint density at radius 2 is 2.44 bits per heavy atom. The van der Waals surface area contributed by atoms with Gasteiger partial charge in [-0.1, -0.05) is 0 Å². The average molecular weight is 220 g/mol. The van der Waals surface area contributed by atoms with Crippen LogP contribution in [-0.2, 0) is 6.54 Å². The monoisotopic (exact) mass is 220 g/mol. The topological polar surface area (TPSA) is 90.1 Å². The van der Waals surface area contributed by atoms with E-state index < -0.39 is 5.97 Å². The zero-order chi connectivity index (χ0) is 12.0. The Morgan fingerprint density at radius 1 is 1.69 bits per heavy atom. The lowest BCUT2D eigenvalue weighted by Crippen LogP contribution is -2.21. The number of aromatic nitrogens is 2. The van der Waals surface area contributed by atoms with Crippen LogP contribution < -0.4 is 0 Å². The maximum absolute atomic E-state index is 10.9. The third-order valence-corrected chi connectivity index (χ3v) is 2.05.